The van der Waals surface area contributed by atoms with Crippen LogP contribution in [0.4, 0.5) is 5.69 Å². The fraction of sp³-hybridized carbons (Fsp3) is 0.308. The lowest BCUT2D eigenvalue weighted by Crippen LogP contribution is -2.00. The molecule has 0 aliphatic carbocycles. The van der Waals surface area contributed by atoms with Crippen molar-refractivity contribution in [3.05, 3.63) is 41.5 Å². The predicted molar refractivity (Wildman–Crippen MR) is 68.4 cm³/mol. The number of anilines is 1. The van der Waals surface area contributed by atoms with Crippen LogP contribution in [0.2, 0.25) is 0 Å². The molecule has 2 rings (SSSR count). The van der Waals surface area contributed by atoms with Crippen molar-refractivity contribution in [2.24, 2.45) is 0 Å². The lowest BCUT2D eigenvalue weighted by Gasteiger charge is -2.09. The number of imidazole rings is 1. The minimum atomic E-state index is 0.743. The number of nitrogens with zero attached hydrogens (tertiary/aromatic N) is 1. The summed E-state index contributed by atoms with van der Waals surface area (Å²) >= 11 is 0. The summed E-state index contributed by atoms with van der Waals surface area (Å²) in [6.45, 7) is 4.72. The number of aryl methyl sites for hydroxylation is 2. The van der Waals surface area contributed by atoms with Gasteiger partial charge in [-0.05, 0) is 37.6 Å². The summed E-state index contributed by atoms with van der Waals surface area (Å²) in [5.74, 6) is 1.85. The van der Waals surface area contributed by atoms with Gasteiger partial charge in [-0.2, -0.15) is 0 Å². The summed E-state index contributed by atoms with van der Waals surface area (Å²) in [6, 6.07) is 6.05. The Bertz CT molecular complexity index is 505. The van der Waals surface area contributed by atoms with Gasteiger partial charge in [-0.3, -0.25) is 0 Å². The van der Waals surface area contributed by atoms with E-state index < -0.39 is 0 Å². The van der Waals surface area contributed by atoms with E-state index in [0.29, 0.717) is 0 Å². The second-order valence-corrected chi connectivity index (χ2v) is 4.03. The summed E-state index contributed by atoms with van der Waals surface area (Å²) < 4.78 is 5.22. The normalized spacial score (nSPS) is 10.3. The molecule has 0 aliphatic rings. The molecule has 0 atom stereocenters. The maximum absolute atomic E-state index is 5.22. The van der Waals surface area contributed by atoms with E-state index in [2.05, 4.69) is 21.4 Å². The van der Waals surface area contributed by atoms with Crippen LogP contribution in [0.3, 0.4) is 0 Å². The molecule has 2 N–H and O–H groups in total. The molecule has 0 bridgehead atoms. The quantitative estimate of drug-likeness (QED) is 0.850. The van der Waals surface area contributed by atoms with Crippen LogP contribution in [0.1, 0.15) is 17.1 Å². The standard InChI is InChI=1S/C13H17N3O/c1-9-6-11(4-5-13(9)17-3)15-8-12-7-14-10(2)16-12/h4-7,15H,8H2,1-3H3,(H,14,16). The van der Waals surface area contributed by atoms with Crippen molar-refractivity contribution in [1.82, 2.24) is 9.97 Å². The van der Waals surface area contributed by atoms with Gasteiger partial charge in [0.25, 0.3) is 0 Å². The van der Waals surface area contributed by atoms with Crippen LogP contribution in [0.5, 0.6) is 5.75 Å². The van der Waals surface area contributed by atoms with Crippen LogP contribution < -0.4 is 10.1 Å². The van der Waals surface area contributed by atoms with Gasteiger partial charge in [0.15, 0.2) is 0 Å². The first-order valence-electron chi connectivity index (χ1n) is 5.58. The Kier molecular flexibility index (Phi) is 3.32. The molecule has 90 valence electrons. The topological polar surface area (TPSA) is 49.9 Å². The van der Waals surface area contributed by atoms with Gasteiger partial charge in [0.1, 0.15) is 11.6 Å². The van der Waals surface area contributed by atoms with Crippen molar-refractivity contribution < 1.29 is 4.74 Å². The number of H-pyrrole nitrogens is 1. The van der Waals surface area contributed by atoms with Crippen LogP contribution in [-0.4, -0.2) is 17.1 Å². The highest BCUT2D eigenvalue weighted by atomic mass is 16.5. The summed E-state index contributed by atoms with van der Waals surface area (Å²) in [6.07, 6.45) is 1.85. The van der Waals surface area contributed by atoms with Crippen LogP contribution in [0.25, 0.3) is 0 Å². The van der Waals surface area contributed by atoms with Gasteiger partial charge in [0, 0.05) is 5.69 Å². The van der Waals surface area contributed by atoms with Crippen molar-refractivity contribution in [2.45, 2.75) is 20.4 Å². The molecule has 1 heterocycles. The molecule has 0 unspecified atom stereocenters. The van der Waals surface area contributed by atoms with Gasteiger partial charge in [0.2, 0.25) is 0 Å². The molecule has 0 spiro atoms. The Morgan fingerprint density at radius 3 is 2.76 bits per heavy atom. The van der Waals surface area contributed by atoms with Gasteiger partial charge in [-0.25, -0.2) is 4.98 Å². The monoisotopic (exact) mass is 231 g/mol. The van der Waals surface area contributed by atoms with Gasteiger partial charge < -0.3 is 15.0 Å². The molecule has 0 saturated carbocycles. The molecule has 1 aromatic carbocycles. The van der Waals surface area contributed by atoms with E-state index in [1.54, 1.807) is 7.11 Å². The van der Waals surface area contributed by atoms with Crippen molar-refractivity contribution in [3.8, 4) is 5.75 Å². The first-order chi connectivity index (χ1) is 8.19. The fourth-order valence-corrected chi connectivity index (χ4v) is 1.75. The number of aromatic amines is 1. The number of ether oxygens (including phenoxy) is 1. The third-order valence-corrected chi connectivity index (χ3v) is 2.63. The number of hydrogen-bond acceptors (Lipinski definition) is 3. The van der Waals surface area contributed by atoms with E-state index in [-0.39, 0.29) is 0 Å². The van der Waals surface area contributed by atoms with E-state index >= 15 is 0 Å². The maximum Gasteiger partial charge on any atom is 0.121 e. The molecule has 1 aromatic heterocycles. The van der Waals surface area contributed by atoms with Crippen LogP contribution >= 0.6 is 0 Å². The zero-order chi connectivity index (χ0) is 12.3. The smallest absolute Gasteiger partial charge is 0.121 e. The molecule has 4 heteroatoms. The average molecular weight is 231 g/mol. The number of hydrogen-bond donors (Lipinski definition) is 2. The zero-order valence-electron chi connectivity index (χ0n) is 10.4. The van der Waals surface area contributed by atoms with Crippen LogP contribution in [0.15, 0.2) is 24.4 Å². The predicted octanol–water partition coefficient (Wildman–Crippen LogP) is 2.65. The SMILES string of the molecule is COc1ccc(NCc2cnc(C)[nH]2)cc1C. The van der Waals surface area contributed by atoms with Gasteiger partial charge in [-0.1, -0.05) is 0 Å². The Morgan fingerprint density at radius 1 is 1.35 bits per heavy atom. The molecule has 17 heavy (non-hydrogen) atoms. The summed E-state index contributed by atoms with van der Waals surface area (Å²) in [5.41, 5.74) is 3.28. The second kappa shape index (κ2) is 4.91. The average Bonchev–Trinajstić information content (AvgIpc) is 2.73. The van der Waals surface area contributed by atoms with Crippen molar-refractivity contribution in [3.63, 3.8) is 0 Å². The lowest BCUT2D eigenvalue weighted by atomic mass is 10.2. The van der Waals surface area contributed by atoms with Gasteiger partial charge in [-0.15, -0.1) is 0 Å². The Morgan fingerprint density at radius 2 is 2.18 bits per heavy atom. The Hall–Kier alpha value is -1.97. The molecular weight excluding hydrogens is 214 g/mol. The highest BCUT2D eigenvalue weighted by Gasteiger charge is 2.00. The Labute approximate surface area is 101 Å². The number of benzene rings is 1. The molecular formula is C13H17N3O. The largest absolute Gasteiger partial charge is 0.496 e. The van der Waals surface area contributed by atoms with E-state index in [1.165, 1.54) is 0 Å². The van der Waals surface area contributed by atoms with Gasteiger partial charge in [0.05, 0.1) is 25.5 Å². The molecule has 2 aromatic rings. The highest BCUT2D eigenvalue weighted by molar-refractivity contribution is 5.50. The van der Waals surface area contributed by atoms with E-state index in [1.807, 2.05) is 32.2 Å². The summed E-state index contributed by atoms with van der Waals surface area (Å²) in [5, 5.41) is 3.34. The zero-order valence-corrected chi connectivity index (χ0v) is 10.4. The number of aromatic nitrogens is 2. The van der Waals surface area contributed by atoms with E-state index in [4.69, 9.17) is 4.74 Å². The first kappa shape index (κ1) is 11.5. The molecule has 0 saturated heterocycles. The second-order valence-electron chi connectivity index (χ2n) is 4.03. The van der Waals surface area contributed by atoms with Crippen molar-refractivity contribution in [2.75, 3.05) is 12.4 Å². The number of methoxy groups -OCH3 is 1. The minimum absolute atomic E-state index is 0.743. The van der Waals surface area contributed by atoms with E-state index in [0.717, 1.165) is 35.1 Å². The molecule has 0 radical (unpaired) electrons. The van der Waals surface area contributed by atoms with Crippen molar-refractivity contribution in [1.29, 1.82) is 0 Å². The number of nitrogens with one attached hydrogen (secondary N) is 2. The van der Waals surface area contributed by atoms with Crippen LogP contribution in [0, 0.1) is 13.8 Å². The van der Waals surface area contributed by atoms with Crippen LogP contribution in [-0.2, 0) is 6.54 Å². The maximum atomic E-state index is 5.22. The molecule has 4 nitrogen and oxygen atoms in total. The Balaban J connectivity index is 2.02. The van der Waals surface area contributed by atoms with Crippen molar-refractivity contribution >= 4 is 5.69 Å². The molecule has 0 aliphatic heterocycles. The molecule has 0 amide bonds. The highest BCUT2D eigenvalue weighted by Crippen LogP contribution is 2.21. The summed E-state index contributed by atoms with van der Waals surface area (Å²) in [4.78, 5) is 7.34. The fourth-order valence-electron chi connectivity index (χ4n) is 1.75. The third kappa shape index (κ3) is 2.78. The summed E-state index contributed by atoms with van der Waals surface area (Å²) in [7, 11) is 1.68. The lowest BCUT2D eigenvalue weighted by molar-refractivity contribution is 0.412. The molecule has 0 fully saturated rings. The first-order valence-corrected chi connectivity index (χ1v) is 5.58. The minimum Gasteiger partial charge on any atom is -0.496 e. The van der Waals surface area contributed by atoms with E-state index in [9.17, 15) is 0 Å². The number of rotatable bonds is 4. The van der Waals surface area contributed by atoms with Gasteiger partial charge >= 0.3 is 0 Å². The third-order valence-electron chi connectivity index (χ3n) is 2.63.